The summed E-state index contributed by atoms with van der Waals surface area (Å²) >= 11 is 5.65. The number of aromatic nitrogens is 1. The van der Waals surface area contributed by atoms with Crippen molar-refractivity contribution in [3.63, 3.8) is 0 Å². The van der Waals surface area contributed by atoms with E-state index in [-0.39, 0.29) is 11.3 Å². The van der Waals surface area contributed by atoms with Gasteiger partial charge in [0.25, 0.3) is 11.3 Å². The topological polar surface area (TPSA) is 58.4 Å². The molecule has 6 heteroatoms. The number of rotatable bonds is 4. The fraction of sp³-hybridized carbons (Fsp3) is 0.333. The van der Waals surface area contributed by atoms with Crippen LogP contribution in [0.15, 0.2) is 22.6 Å². The van der Waals surface area contributed by atoms with E-state index in [1.54, 1.807) is 18.2 Å². The second-order valence-corrected chi connectivity index (χ2v) is 4.53. The van der Waals surface area contributed by atoms with E-state index in [0.717, 1.165) is 6.54 Å². The lowest BCUT2D eigenvalue weighted by atomic mass is 10.2. The minimum Gasteiger partial charge on any atom is -0.428 e. The van der Waals surface area contributed by atoms with E-state index in [1.807, 2.05) is 19.0 Å². The molecule has 0 aliphatic carbocycles. The average Bonchev–Trinajstić information content (AvgIpc) is 2.67. The largest absolute Gasteiger partial charge is 0.428 e. The van der Waals surface area contributed by atoms with Gasteiger partial charge in [0.2, 0.25) is 0 Å². The summed E-state index contributed by atoms with van der Waals surface area (Å²) in [5.74, 6) is -0.133. The van der Waals surface area contributed by atoms with Gasteiger partial charge in [0.15, 0.2) is 5.58 Å². The zero-order chi connectivity index (χ0) is 13.1. The van der Waals surface area contributed by atoms with E-state index < -0.39 is 0 Å². The molecule has 0 saturated carbocycles. The molecular weight excluding hydrogens is 254 g/mol. The number of benzene rings is 1. The van der Waals surface area contributed by atoms with Gasteiger partial charge in [0, 0.05) is 18.7 Å². The van der Waals surface area contributed by atoms with Crippen molar-refractivity contribution in [3.05, 3.63) is 29.1 Å². The van der Waals surface area contributed by atoms with Crippen LogP contribution < -0.4 is 5.32 Å². The summed E-state index contributed by atoms with van der Waals surface area (Å²) in [4.78, 5) is 17.8. The molecule has 96 valence electrons. The summed E-state index contributed by atoms with van der Waals surface area (Å²) in [5.41, 5.74) is 1.69. The first-order chi connectivity index (χ1) is 8.56. The third kappa shape index (κ3) is 3.00. The Morgan fingerprint density at radius 1 is 1.50 bits per heavy atom. The van der Waals surface area contributed by atoms with Crippen LogP contribution in [0.5, 0.6) is 0 Å². The van der Waals surface area contributed by atoms with Crippen molar-refractivity contribution in [3.8, 4) is 0 Å². The molecule has 18 heavy (non-hydrogen) atoms. The molecule has 0 bridgehead atoms. The van der Waals surface area contributed by atoms with Gasteiger partial charge >= 0.3 is 0 Å². The number of likely N-dealkylation sites (N-methyl/N-ethyl adjacent to an activating group) is 1. The Balaban J connectivity index is 2.08. The number of oxazole rings is 1. The van der Waals surface area contributed by atoms with Gasteiger partial charge < -0.3 is 14.6 Å². The first kappa shape index (κ1) is 12.9. The molecule has 0 spiro atoms. The minimum atomic E-state index is -0.133. The molecular formula is C12H14ClN3O2. The van der Waals surface area contributed by atoms with Crippen LogP contribution in [0.3, 0.4) is 0 Å². The van der Waals surface area contributed by atoms with Crippen molar-refractivity contribution in [1.82, 2.24) is 15.2 Å². The maximum atomic E-state index is 11.9. The molecule has 1 aromatic carbocycles. The van der Waals surface area contributed by atoms with Gasteiger partial charge in [-0.15, -0.1) is 0 Å². The van der Waals surface area contributed by atoms with E-state index in [2.05, 4.69) is 10.3 Å². The standard InChI is InChI=1S/C12H14ClN3O2/c1-16(2)6-5-14-11(17)8-3-4-9-10(7-8)18-12(13)15-9/h3-4,7H,5-6H2,1-2H3,(H,14,17). The summed E-state index contributed by atoms with van der Waals surface area (Å²) < 4.78 is 5.17. The van der Waals surface area contributed by atoms with Crippen LogP contribution in [-0.2, 0) is 0 Å². The highest BCUT2D eigenvalue weighted by atomic mass is 35.5. The monoisotopic (exact) mass is 267 g/mol. The van der Waals surface area contributed by atoms with E-state index in [9.17, 15) is 4.79 Å². The van der Waals surface area contributed by atoms with E-state index in [0.29, 0.717) is 23.2 Å². The summed E-state index contributed by atoms with van der Waals surface area (Å²) in [7, 11) is 3.91. The molecule has 0 fully saturated rings. The van der Waals surface area contributed by atoms with E-state index >= 15 is 0 Å². The third-order valence-electron chi connectivity index (χ3n) is 2.47. The number of hydrogen-bond donors (Lipinski definition) is 1. The SMILES string of the molecule is CN(C)CCNC(=O)c1ccc2nc(Cl)oc2c1. The molecule has 2 aromatic rings. The predicted octanol–water partition coefficient (Wildman–Crippen LogP) is 1.77. The lowest BCUT2D eigenvalue weighted by molar-refractivity contribution is 0.0951. The number of hydrogen-bond acceptors (Lipinski definition) is 4. The number of amides is 1. The Labute approximate surface area is 110 Å². The van der Waals surface area contributed by atoms with Crippen molar-refractivity contribution < 1.29 is 9.21 Å². The van der Waals surface area contributed by atoms with Gasteiger partial charge in [-0.2, -0.15) is 4.98 Å². The molecule has 2 rings (SSSR count). The number of nitrogens with one attached hydrogen (secondary N) is 1. The Morgan fingerprint density at radius 2 is 2.28 bits per heavy atom. The fourth-order valence-electron chi connectivity index (χ4n) is 1.53. The van der Waals surface area contributed by atoms with Crippen LogP contribution in [0.1, 0.15) is 10.4 Å². The van der Waals surface area contributed by atoms with Crippen molar-refractivity contribution in [2.24, 2.45) is 0 Å². The quantitative estimate of drug-likeness (QED) is 0.917. The smallest absolute Gasteiger partial charge is 0.293 e. The highest BCUT2D eigenvalue weighted by Crippen LogP contribution is 2.19. The van der Waals surface area contributed by atoms with Crippen LogP contribution in [0, 0.1) is 0 Å². The Bertz CT molecular complexity index is 565. The van der Waals surface area contributed by atoms with Gasteiger partial charge in [0.1, 0.15) is 5.52 Å². The lowest BCUT2D eigenvalue weighted by Crippen LogP contribution is -2.31. The summed E-state index contributed by atoms with van der Waals surface area (Å²) in [5, 5.41) is 2.90. The van der Waals surface area contributed by atoms with Crippen LogP contribution >= 0.6 is 11.6 Å². The summed E-state index contributed by atoms with van der Waals surface area (Å²) in [6.45, 7) is 1.39. The zero-order valence-corrected chi connectivity index (χ0v) is 11.0. The number of fused-ring (bicyclic) bond motifs is 1. The van der Waals surface area contributed by atoms with Crippen LogP contribution in [0.2, 0.25) is 5.35 Å². The lowest BCUT2D eigenvalue weighted by Gasteiger charge is -2.10. The van der Waals surface area contributed by atoms with Crippen molar-refractivity contribution in [2.75, 3.05) is 27.2 Å². The summed E-state index contributed by atoms with van der Waals surface area (Å²) in [6.07, 6.45) is 0. The number of carbonyl (C=O) groups is 1. The number of carbonyl (C=O) groups excluding carboxylic acids is 1. The molecule has 1 N–H and O–H groups in total. The highest BCUT2D eigenvalue weighted by molar-refractivity contribution is 6.28. The first-order valence-electron chi connectivity index (χ1n) is 5.55. The van der Waals surface area contributed by atoms with E-state index in [1.165, 1.54) is 0 Å². The van der Waals surface area contributed by atoms with Crippen molar-refractivity contribution in [1.29, 1.82) is 0 Å². The Morgan fingerprint density at radius 3 is 3.00 bits per heavy atom. The molecule has 5 nitrogen and oxygen atoms in total. The van der Waals surface area contributed by atoms with Gasteiger partial charge in [-0.1, -0.05) is 0 Å². The van der Waals surface area contributed by atoms with Crippen molar-refractivity contribution >= 4 is 28.6 Å². The summed E-state index contributed by atoms with van der Waals surface area (Å²) in [6, 6.07) is 5.05. The normalized spacial score (nSPS) is 11.1. The van der Waals surface area contributed by atoms with Crippen LogP contribution in [-0.4, -0.2) is 43.0 Å². The third-order valence-corrected chi connectivity index (χ3v) is 2.63. The zero-order valence-electron chi connectivity index (χ0n) is 10.2. The number of nitrogens with zero attached hydrogens (tertiary/aromatic N) is 2. The van der Waals surface area contributed by atoms with Gasteiger partial charge in [-0.05, 0) is 43.9 Å². The van der Waals surface area contributed by atoms with Gasteiger partial charge in [-0.3, -0.25) is 4.79 Å². The average molecular weight is 268 g/mol. The predicted molar refractivity (Wildman–Crippen MR) is 69.9 cm³/mol. The maximum absolute atomic E-state index is 11.9. The first-order valence-corrected chi connectivity index (χ1v) is 5.93. The van der Waals surface area contributed by atoms with Gasteiger partial charge in [0.05, 0.1) is 0 Å². The maximum Gasteiger partial charge on any atom is 0.293 e. The fourth-order valence-corrected chi connectivity index (χ4v) is 1.71. The van der Waals surface area contributed by atoms with Crippen LogP contribution in [0.4, 0.5) is 0 Å². The number of halogens is 1. The molecule has 0 unspecified atom stereocenters. The molecule has 1 aromatic heterocycles. The highest BCUT2D eigenvalue weighted by Gasteiger charge is 2.09. The van der Waals surface area contributed by atoms with Crippen molar-refractivity contribution in [2.45, 2.75) is 0 Å². The van der Waals surface area contributed by atoms with Crippen LogP contribution in [0.25, 0.3) is 11.1 Å². The molecule has 1 amide bonds. The Hall–Kier alpha value is -1.59. The van der Waals surface area contributed by atoms with E-state index in [4.69, 9.17) is 16.0 Å². The second-order valence-electron chi connectivity index (χ2n) is 4.21. The minimum absolute atomic E-state index is 0.0789. The second kappa shape index (κ2) is 5.37. The molecule has 0 saturated heterocycles. The molecule has 0 radical (unpaired) electrons. The molecule has 1 heterocycles. The molecule has 0 atom stereocenters. The molecule has 0 aliphatic rings. The molecule has 0 aliphatic heterocycles. The Kier molecular flexibility index (Phi) is 3.84. The van der Waals surface area contributed by atoms with Gasteiger partial charge in [-0.25, -0.2) is 0 Å².